The second-order valence-corrected chi connectivity index (χ2v) is 8.19. The number of amides is 1. The Morgan fingerprint density at radius 3 is 2.92 bits per heavy atom. The van der Waals surface area contributed by atoms with E-state index in [1.54, 1.807) is 18.3 Å². The van der Waals surface area contributed by atoms with Gasteiger partial charge in [-0.05, 0) is 43.9 Å². The summed E-state index contributed by atoms with van der Waals surface area (Å²) in [6.07, 6.45) is 6.28. The highest BCUT2D eigenvalue weighted by Crippen LogP contribution is 2.23. The Labute approximate surface area is 153 Å². The van der Waals surface area contributed by atoms with E-state index in [9.17, 15) is 13.2 Å². The molecule has 9 heteroatoms. The molecule has 0 aliphatic carbocycles. The molecule has 1 fully saturated rings. The van der Waals surface area contributed by atoms with E-state index in [-0.39, 0.29) is 16.9 Å². The van der Waals surface area contributed by atoms with Crippen LogP contribution < -0.4 is 5.32 Å². The summed E-state index contributed by atoms with van der Waals surface area (Å²) < 4.78 is 28.8. The summed E-state index contributed by atoms with van der Waals surface area (Å²) in [7, 11) is -3.57. The summed E-state index contributed by atoms with van der Waals surface area (Å²) in [4.78, 5) is 16.1. The van der Waals surface area contributed by atoms with Gasteiger partial charge in [-0.15, -0.1) is 0 Å². The highest BCUT2D eigenvalue weighted by atomic mass is 32.2. The molecule has 1 amide bonds. The van der Waals surface area contributed by atoms with Crippen LogP contribution >= 0.6 is 0 Å². The normalized spacial score (nSPS) is 18.6. The fourth-order valence-corrected chi connectivity index (χ4v) is 4.87. The van der Waals surface area contributed by atoms with Crippen LogP contribution in [0.1, 0.15) is 30.1 Å². The van der Waals surface area contributed by atoms with Gasteiger partial charge in [0.05, 0.1) is 11.8 Å². The first-order valence-electron chi connectivity index (χ1n) is 8.72. The van der Waals surface area contributed by atoms with Crippen LogP contribution in [0.5, 0.6) is 0 Å². The number of pyridine rings is 1. The number of carbonyl (C=O) groups excluding carboxylic acids is 1. The summed E-state index contributed by atoms with van der Waals surface area (Å²) in [5, 5.41) is 7.16. The highest BCUT2D eigenvalue weighted by Gasteiger charge is 2.32. The van der Waals surface area contributed by atoms with Crippen LogP contribution in [-0.2, 0) is 16.6 Å². The lowest BCUT2D eigenvalue weighted by molar-refractivity contribution is 0.0941. The van der Waals surface area contributed by atoms with Crippen LogP contribution in [0.3, 0.4) is 0 Å². The van der Waals surface area contributed by atoms with E-state index in [0.717, 1.165) is 12.8 Å². The van der Waals surface area contributed by atoms with Crippen molar-refractivity contribution in [2.75, 3.05) is 19.6 Å². The van der Waals surface area contributed by atoms with E-state index in [4.69, 9.17) is 0 Å². The zero-order valence-corrected chi connectivity index (χ0v) is 15.5. The van der Waals surface area contributed by atoms with E-state index in [1.807, 2.05) is 6.92 Å². The van der Waals surface area contributed by atoms with Crippen LogP contribution in [0, 0.1) is 5.92 Å². The number of carbonyl (C=O) groups is 1. The van der Waals surface area contributed by atoms with Gasteiger partial charge in [0.25, 0.3) is 15.9 Å². The lowest BCUT2D eigenvalue weighted by Gasteiger charge is -2.32. The van der Waals surface area contributed by atoms with Gasteiger partial charge in [0.1, 0.15) is 0 Å². The van der Waals surface area contributed by atoms with Crippen molar-refractivity contribution in [3.63, 3.8) is 0 Å². The lowest BCUT2D eigenvalue weighted by atomic mass is 9.99. The van der Waals surface area contributed by atoms with Crippen molar-refractivity contribution in [2.24, 2.45) is 5.92 Å². The average molecular weight is 377 g/mol. The smallest absolute Gasteiger partial charge is 0.260 e. The summed E-state index contributed by atoms with van der Waals surface area (Å²) in [5.41, 5.74) is 0.500. The maximum Gasteiger partial charge on any atom is 0.260 e. The van der Waals surface area contributed by atoms with E-state index >= 15 is 0 Å². The summed E-state index contributed by atoms with van der Waals surface area (Å²) >= 11 is 0. The lowest BCUT2D eigenvalue weighted by Crippen LogP contribution is -2.44. The van der Waals surface area contributed by atoms with Crippen LogP contribution in [0.25, 0.3) is 0 Å². The van der Waals surface area contributed by atoms with Gasteiger partial charge < -0.3 is 5.32 Å². The second kappa shape index (κ2) is 7.96. The molecule has 26 heavy (non-hydrogen) atoms. The molecule has 0 spiro atoms. The van der Waals surface area contributed by atoms with Gasteiger partial charge in [0.2, 0.25) is 0 Å². The first kappa shape index (κ1) is 18.5. The third-order valence-corrected chi connectivity index (χ3v) is 6.42. The quantitative estimate of drug-likeness (QED) is 0.814. The van der Waals surface area contributed by atoms with Crippen molar-refractivity contribution in [1.29, 1.82) is 0 Å². The Hall–Kier alpha value is -2.26. The Morgan fingerprint density at radius 1 is 1.35 bits per heavy atom. The van der Waals surface area contributed by atoms with Crippen molar-refractivity contribution in [3.8, 4) is 0 Å². The fourth-order valence-electron chi connectivity index (χ4n) is 3.16. The second-order valence-electron chi connectivity index (χ2n) is 6.31. The minimum Gasteiger partial charge on any atom is -0.352 e. The highest BCUT2D eigenvalue weighted by molar-refractivity contribution is 7.89. The molecular formula is C17H23N5O3S. The van der Waals surface area contributed by atoms with Gasteiger partial charge >= 0.3 is 0 Å². The number of aryl methyl sites for hydroxylation is 1. The zero-order chi connectivity index (χ0) is 18.6. The molecule has 1 unspecified atom stereocenters. The molecule has 1 saturated heterocycles. The van der Waals surface area contributed by atoms with E-state index in [1.165, 1.54) is 27.4 Å². The van der Waals surface area contributed by atoms with E-state index in [2.05, 4.69) is 15.4 Å². The number of nitrogens with zero attached hydrogens (tertiary/aromatic N) is 4. The predicted octanol–water partition coefficient (Wildman–Crippen LogP) is 1.13. The molecule has 1 N–H and O–H groups in total. The number of hydrogen-bond donors (Lipinski definition) is 1. The van der Waals surface area contributed by atoms with Crippen molar-refractivity contribution < 1.29 is 13.2 Å². The van der Waals surface area contributed by atoms with Gasteiger partial charge in [0, 0.05) is 38.6 Å². The Bertz CT molecular complexity index is 850. The first-order chi connectivity index (χ1) is 12.5. The molecule has 0 radical (unpaired) electrons. The molecule has 2 aromatic heterocycles. The van der Waals surface area contributed by atoms with Gasteiger partial charge in [-0.2, -0.15) is 9.40 Å². The molecule has 0 aromatic carbocycles. The predicted molar refractivity (Wildman–Crippen MR) is 96.0 cm³/mol. The van der Waals surface area contributed by atoms with Gasteiger partial charge in [-0.25, -0.2) is 8.42 Å². The van der Waals surface area contributed by atoms with Crippen molar-refractivity contribution in [1.82, 2.24) is 24.4 Å². The molecule has 0 bridgehead atoms. The minimum absolute atomic E-state index is 0.0807. The molecule has 1 aliphatic heterocycles. The molecule has 1 atom stereocenters. The molecular weight excluding hydrogens is 354 g/mol. The van der Waals surface area contributed by atoms with Crippen LogP contribution in [-0.4, -0.2) is 53.0 Å². The van der Waals surface area contributed by atoms with Gasteiger partial charge in [-0.3, -0.25) is 14.5 Å². The third kappa shape index (κ3) is 3.94. The zero-order valence-electron chi connectivity index (χ0n) is 14.7. The Kier molecular flexibility index (Phi) is 5.67. The third-order valence-electron chi connectivity index (χ3n) is 4.54. The van der Waals surface area contributed by atoms with Crippen LogP contribution in [0.4, 0.5) is 0 Å². The first-order valence-corrected chi connectivity index (χ1v) is 10.2. The number of piperidine rings is 1. The topological polar surface area (TPSA) is 97.2 Å². The standard InChI is InChI=1S/C17H23N5O3S/c1-2-22-16(7-9-20-22)26(24,25)21-10-4-5-14(13-21)11-19-17(23)15-6-3-8-18-12-15/h3,6-9,12,14H,2,4-5,10-11,13H2,1H3,(H,19,23). The molecule has 0 saturated carbocycles. The summed E-state index contributed by atoms with van der Waals surface area (Å²) in [6.45, 7) is 3.68. The summed E-state index contributed by atoms with van der Waals surface area (Å²) in [5.74, 6) is -0.112. The van der Waals surface area contributed by atoms with E-state index < -0.39 is 10.0 Å². The average Bonchev–Trinajstić information content (AvgIpc) is 3.17. The number of aromatic nitrogens is 3. The van der Waals surface area contributed by atoms with Gasteiger partial charge in [-0.1, -0.05) is 0 Å². The fraction of sp³-hybridized carbons (Fsp3) is 0.471. The summed E-state index contributed by atoms with van der Waals surface area (Å²) in [6, 6.07) is 4.94. The largest absolute Gasteiger partial charge is 0.352 e. The molecule has 2 aromatic rings. The molecule has 3 heterocycles. The maximum absolute atomic E-state index is 12.9. The molecule has 1 aliphatic rings. The Balaban J connectivity index is 1.63. The van der Waals surface area contributed by atoms with Crippen LogP contribution in [0.15, 0.2) is 41.8 Å². The number of rotatable bonds is 6. The monoisotopic (exact) mass is 377 g/mol. The molecule has 8 nitrogen and oxygen atoms in total. The van der Waals surface area contributed by atoms with Crippen LogP contribution in [0.2, 0.25) is 0 Å². The van der Waals surface area contributed by atoms with Crippen molar-refractivity contribution in [2.45, 2.75) is 31.3 Å². The Morgan fingerprint density at radius 2 is 2.19 bits per heavy atom. The van der Waals surface area contributed by atoms with E-state index in [0.29, 0.717) is 31.7 Å². The molecule has 140 valence electrons. The number of hydrogen-bond acceptors (Lipinski definition) is 5. The maximum atomic E-state index is 12.9. The SMILES string of the molecule is CCn1nccc1S(=O)(=O)N1CCCC(CNC(=O)c2cccnc2)C1. The van der Waals surface area contributed by atoms with Crippen molar-refractivity contribution in [3.05, 3.63) is 42.4 Å². The molecule has 3 rings (SSSR count). The number of nitrogens with one attached hydrogen (secondary N) is 1. The van der Waals surface area contributed by atoms with Crippen molar-refractivity contribution >= 4 is 15.9 Å². The minimum atomic E-state index is -3.57. The van der Waals surface area contributed by atoms with Gasteiger partial charge in [0.15, 0.2) is 5.03 Å². The number of sulfonamides is 1.